The third-order valence-electron chi connectivity index (χ3n) is 5.51. The molecule has 1 amide bonds. The number of amides is 1. The van der Waals surface area contributed by atoms with Gasteiger partial charge in [-0.05, 0) is 48.7 Å². The summed E-state index contributed by atoms with van der Waals surface area (Å²) in [7, 11) is -2.28. The molecule has 33 heavy (non-hydrogen) atoms. The van der Waals surface area contributed by atoms with Gasteiger partial charge in [-0.3, -0.25) is 9.59 Å². The van der Waals surface area contributed by atoms with Gasteiger partial charge < -0.3 is 10.1 Å². The van der Waals surface area contributed by atoms with E-state index >= 15 is 0 Å². The molecule has 0 unspecified atom stereocenters. The molecule has 2 N–H and O–H groups in total. The van der Waals surface area contributed by atoms with Crippen molar-refractivity contribution >= 4 is 27.7 Å². The van der Waals surface area contributed by atoms with E-state index in [1.165, 1.54) is 10.7 Å². The molecule has 0 fully saturated rings. The number of nitrogens with one attached hydrogen (secondary N) is 2. The van der Waals surface area contributed by atoms with E-state index in [9.17, 15) is 18.0 Å². The molecule has 2 heterocycles. The zero-order valence-corrected chi connectivity index (χ0v) is 19.3. The van der Waals surface area contributed by atoms with E-state index in [1.54, 1.807) is 57.4 Å². The predicted octanol–water partition coefficient (Wildman–Crippen LogP) is 3.03. The summed E-state index contributed by atoms with van der Waals surface area (Å²) in [6, 6.07) is 12.1. The molecule has 0 saturated carbocycles. The molecule has 3 aromatic rings. The molecule has 1 aromatic heterocycles. The molecule has 9 nitrogen and oxygen atoms in total. The first-order chi connectivity index (χ1) is 15.7. The highest BCUT2D eigenvalue weighted by atomic mass is 32.2. The van der Waals surface area contributed by atoms with E-state index in [4.69, 9.17) is 4.74 Å². The number of ether oxygens (including phenoxy) is 1. The number of rotatable bonds is 6. The van der Waals surface area contributed by atoms with Gasteiger partial charge >= 0.3 is 0 Å². The fourth-order valence-electron chi connectivity index (χ4n) is 3.73. The Balaban J connectivity index is 1.68. The van der Waals surface area contributed by atoms with Gasteiger partial charge in [-0.1, -0.05) is 24.3 Å². The second-order valence-electron chi connectivity index (χ2n) is 7.82. The number of sulfonamides is 1. The standard InChI is InChI=1S/C23H24N4O5S/c1-14-4-7-17(22-15(2)26-27-21(29)11-10-20(28)25-23(22)27)12-19(14)33(30,31)24-13-16-5-8-18(32-3)9-6-16/h4-9,12,24H,10-11,13H2,1-3H3,(H,25,28). The van der Waals surface area contributed by atoms with Crippen LogP contribution in [0.5, 0.6) is 5.75 Å². The topological polar surface area (TPSA) is 119 Å². The summed E-state index contributed by atoms with van der Waals surface area (Å²) >= 11 is 0. The number of methoxy groups -OCH3 is 1. The van der Waals surface area contributed by atoms with Crippen LogP contribution < -0.4 is 14.8 Å². The lowest BCUT2D eigenvalue weighted by Crippen LogP contribution is -2.24. The first-order valence-corrected chi connectivity index (χ1v) is 11.8. The van der Waals surface area contributed by atoms with Crippen molar-refractivity contribution in [3.05, 3.63) is 59.3 Å². The van der Waals surface area contributed by atoms with Gasteiger partial charge in [0.05, 0.1) is 17.7 Å². The van der Waals surface area contributed by atoms with Crippen LogP contribution in [0.1, 0.15) is 34.5 Å². The minimum absolute atomic E-state index is 0.0577. The van der Waals surface area contributed by atoms with Crippen molar-refractivity contribution in [1.29, 1.82) is 0 Å². The van der Waals surface area contributed by atoms with Crippen LogP contribution in [0.25, 0.3) is 11.1 Å². The average molecular weight is 469 g/mol. The van der Waals surface area contributed by atoms with Crippen LogP contribution >= 0.6 is 0 Å². The molecule has 0 bridgehead atoms. The molecular formula is C23H24N4O5S. The molecule has 4 rings (SSSR count). The van der Waals surface area contributed by atoms with Crippen molar-refractivity contribution in [2.24, 2.45) is 0 Å². The summed E-state index contributed by atoms with van der Waals surface area (Å²) < 4.78 is 35.2. The van der Waals surface area contributed by atoms with Crippen LogP contribution in [0.4, 0.5) is 5.82 Å². The Morgan fingerprint density at radius 2 is 1.82 bits per heavy atom. The molecule has 172 valence electrons. The molecule has 1 aliphatic rings. The minimum Gasteiger partial charge on any atom is -0.497 e. The number of carbonyl (C=O) groups is 2. The third kappa shape index (κ3) is 4.53. The van der Waals surface area contributed by atoms with Crippen molar-refractivity contribution in [2.75, 3.05) is 12.4 Å². The van der Waals surface area contributed by atoms with E-state index in [0.29, 0.717) is 28.1 Å². The van der Waals surface area contributed by atoms with Crippen molar-refractivity contribution in [1.82, 2.24) is 14.5 Å². The summed E-state index contributed by atoms with van der Waals surface area (Å²) in [4.78, 5) is 24.6. The molecule has 2 aromatic carbocycles. The van der Waals surface area contributed by atoms with E-state index in [2.05, 4.69) is 15.1 Å². The molecule has 0 saturated heterocycles. The van der Waals surface area contributed by atoms with Gasteiger partial charge in [0.15, 0.2) is 0 Å². The fraction of sp³-hybridized carbons (Fsp3) is 0.261. The molecule has 1 aliphatic heterocycles. The average Bonchev–Trinajstić information content (AvgIpc) is 3.05. The number of aryl methyl sites for hydroxylation is 2. The summed E-state index contributed by atoms with van der Waals surface area (Å²) in [6.07, 6.45) is 0.131. The fourth-order valence-corrected chi connectivity index (χ4v) is 5.02. The second kappa shape index (κ2) is 8.80. The molecule has 0 atom stereocenters. The highest BCUT2D eigenvalue weighted by Gasteiger charge is 2.27. The Morgan fingerprint density at radius 1 is 1.09 bits per heavy atom. The van der Waals surface area contributed by atoms with Gasteiger partial charge in [0.2, 0.25) is 21.8 Å². The van der Waals surface area contributed by atoms with Crippen LogP contribution in [-0.4, -0.2) is 37.1 Å². The Morgan fingerprint density at radius 3 is 2.52 bits per heavy atom. The van der Waals surface area contributed by atoms with E-state index in [-0.39, 0.29) is 41.9 Å². The maximum absolute atomic E-state index is 13.1. The lowest BCUT2D eigenvalue weighted by Gasteiger charge is -2.13. The summed E-state index contributed by atoms with van der Waals surface area (Å²) in [5.41, 5.74) is 2.92. The quantitative estimate of drug-likeness (QED) is 0.574. The first-order valence-electron chi connectivity index (χ1n) is 10.4. The van der Waals surface area contributed by atoms with Crippen LogP contribution in [0.15, 0.2) is 47.4 Å². The van der Waals surface area contributed by atoms with Gasteiger partial charge in [0.1, 0.15) is 11.6 Å². The zero-order chi connectivity index (χ0) is 23.8. The SMILES string of the molecule is COc1ccc(CNS(=O)(=O)c2cc(-c3c(C)nn4c3NC(=O)CCC4=O)ccc2C)cc1. The van der Waals surface area contributed by atoms with Crippen LogP contribution in [-0.2, 0) is 21.4 Å². The Labute approximate surface area is 191 Å². The van der Waals surface area contributed by atoms with Crippen molar-refractivity contribution in [2.45, 2.75) is 38.1 Å². The third-order valence-corrected chi connectivity index (χ3v) is 7.06. The second-order valence-corrected chi connectivity index (χ2v) is 9.55. The van der Waals surface area contributed by atoms with Gasteiger partial charge in [-0.15, -0.1) is 0 Å². The highest BCUT2D eigenvalue weighted by molar-refractivity contribution is 7.89. The molecule has 10 heteroatoms. The first kappa shape index (κ1) is 22.7. The zero-order valence-electron chi connectivity index (χ0n) is 18.5. The molecular weight excluding hydrogens is 444 g/mol. The van der Waals surface area contributed by atoms with Gasteiger partial charge in [0, 0.05) is 24.9 Å². The number of hydrogen-bond acceptors (Lipinski definition) is 6. The number of fused-ring (bicyclic) bond motifs is 1. The van der Waals surface area contributed by atoms with Crippen molar-refractivity contribution in [3.63, 3.8) is 0 Å². The number of anilines is 1. The Kier molecular flexibility index (Phi) is 6.05. The summed E-state index contributed by atoms with van der Waals surface area (Å²) in [5.74, 6) is 0.368. The lowest BCUT2D eigenvalue weighted by molar-refractivity contribution is -0.116. The molecule has 0 spiro atoms. The van der Waals surface area contributed by atoms with E-state index in [0.717, 1.165) is 5.56 Å². The smallest absolute Gasteiger partial charge is 0.249 e. The largest absolute Gasteiger partial charge is 0.497 e. The van der Waals surface area contributed by atoms with Gasteiger partial charge in [0.25, 0.3) is 0 Å². The molecule has 0 aliphatic carbocycles. The monoisotopic (exact) mass is 468 g/mol. The highest BCUT2D eigenvalue weighted by Crippen LogP contribution is 2.35. The lowest BCUT2D eigenvalue weighted by atomic mass is 10.0. The normalized spacial score (nSPS) is 13.9. The van der Waals surface area contributed by atoms with Crippen LogP contribution in [0, 0.1) is 13.8 Å². The summed E-state index contributed by atoms with van der Waals surface area (Å²) in [5, 5.41) is 7.02. The number of carbonyl (C=O) groups excluding carboxylic acids is 2. The summed E-state index contributed by atoms with van der Waals surface area (Å²) in [6.45, 7) is 3.54. The maximum Gasteiger partial charge on any atom is 0.249 e. The van der Waals surface area contributed by atoms with Gasteiger partial charge in [-0.2, -0.15) is 9.78 Å². The number of nitrogens with zero attached hydrogens (tertiary/aromatic N) is 2. The number of benzene rings is 2. The van der Waals surface area contributed by atoms with Crippen LogP contribution in [0.2, 0.25) is 0 Å². The Hall–Kier alpha value is -3.50. The predicted molar refractivity (Wildman–Crippen MR) is 123 cm³/mol. The van der Waals surface area contributed by atoms with Crippen molar-refractivity contribution in [3.8, 4) is 16.9 Å². The van der Waals surface area contributed by atoms with Gasteiger partial charge in [-0.25, -0.2) is 13.1 Å². The van der Waals surface area contributed by atoms with E-state index in [1.807, 2.05) is 0 Å². The number of hydrogen-bond donors (Lipinski definition) is 2. The minimum atomic E-state index is -3.84. The van der Waals surface area contributed by atoms with Crippen LogP contribution in [0.3, 0.4) is 0 Å². The maximum atomic E-state index is 13.1. The Bertz CT molecular complexity index is 1340. The van der Waals surface area contributed by atoms with Crippen molar-refractivity contribution < 1.29 is 22.7 Å². The molecule has 0 radical (unpaired) electrons. The van der Waals surface area contributed by atoms with E-state index < -0.39 is 10.0 Å². The number of aromatic nitrogens is 2.